The van der Waals surface area contributed by atoms with Gasteiger partial charge in [0.2, 0.25) is 0 Å². The van der Waals surface area contributed by atoms with E-state index in [2.05, 4.69) is 389 Å². The Bertz CT molecular complexity index is 5220. The van der Waals surface area contributed by atoms with Crippen LogP contribution in [-0.2, 0) is 4.74 Å². The van der Waals surface area contributed by atoms with Gasteiger partial charge in [-0.1, -0.05) is 237 Å². The predicted octanol–water partition coefficient (Wildman–Crippen LogP) is 23.8. The molecule has 0 spiro atoms. The Morgan fingerprint density at radius 2 is 0.656 bits per heavy atom. The standard InChI is InChI=1S/C22H15BBrNO2.C22H14BrN.C12H9N.C10H6Br2.C10H6BrI.C4H8O/c24-20-13-14-9-10-16(11-15(14)12-19(20)23(26)27)25-21-7-3-1-5-17(21)18-6-2-4-8-22(18)25;23-17-11-9-16-14-18(12-10-15(16)13-17)24-21-7-3-1-5-19(21)20-6-2-4-8-22(20)24;1-3-7-11-9(5-1)10-6-2-4-8-12(10)13-11;11-9-3-1-7-5-10(12)4-2-8(7)6-9;11-9-3-1-8-6-10(12)4-2-7(8)5-9;1-2-4-5-3-1/h1-13,26-27H;1-14H;1-8,13H;2*1-6H;1-4H2. The van der Waals surface area contributed by atoms with E-state index in [1.54, 1.807) is 0 Å². The Morgan fingerprint density at radius 1 is 0.333 bits per heavy atom. The van der Waals surface area contributed by atoms with Gasteiger partial charge in [-0.15, -0.1) is 0 Å². The summed E-state index contributed by atoms with van der Waals surface area (Å²) in [6.45, 7) is 2.00. The van der Waals surface area contributed by atoms with E-state index in [9.17, 15) is 10.0 Å². The molecule has 1 aliphatic rings. The minimum atomic E-state index is -1.51. The third kappa shape index (κ3) is 14.6. The molecule has 93 heavy (non-hydrogen) atoms. The lowest BCUT2D eigenvalue weighted by atomic mass is 9.79. The van der Waals surface area contributed by atoms with Crippen molar-refractivity contribution in [2.45, 2.75) is 12.8 Å². The van der Waals surface area contributed by atoms with Crippen LogP contribution in [0, 0.1) is 3.57 Å². The van der Waals surface area contributed by atoms with Crippen molar-refractivity contribution in [3.05, 3.63) is 311 Å². The molecule has 1 saturated heterocycles. The van der Waals surface area contributed by atoms with Gasteiger partial charge in [0.25, 0.3) is 0 Å². The van der Waals surface area contributed by atoms with E-state index in [0.717, 1.165) is 58.6 Å². The van der Waals surface area contributed by atoms with Crippen molar-refractivity contribution in [1.29, 1.82) is 0 Å². The lowest BCUT2D eigenvalue weighted by molar-refractivity contribution is 0.198. The van der Waals surface area contributed by atoms with Crippen LogP contribution in [0.15, 0.2) is 307 Å². The fourth-order valence-corrected chi connectivity index (χ4v) is 14.6. The van der Waals surface area contributed by atoms with Crippen LogP contribution in [0.5, 0.6) is 0 Å². The highest BCUT2D eigenvalue weighted by Gasteiger charge is 2.18. The highest BCUT2D eigenvalue weighted by Crippen LogP contribution is 2.36. The van der Waals surface area contributed by atoms with E-state index in [-0.39, 0.29) is 0 Å². The Balaban J connectivity index is 0.000000108. The molecule has 0 amide bonds. The number of nitrogens with zero attached hydrogens (tertiary/aromatic N) is 2. The van der Waals surface area contributed by atoms with Crippen molar-refractivity contribution in [2.75, 3.05) is 13.2 Å². The topological polar surface area (TPSA) is 75.3 Å². The predicted molar refractivity (Wildman–Crippen MR) is 421 cm³/mol. The van der Waals surface area contributed by atoms with Crippen LogP contribution in [0.1, 0.15) is 12.8 Å². The molecule has 3 aromatic heterocycles. The van der Waals surface area contributed by atoms with Gasteiger partial charge in [0.05, 0.1) is 22.1 Å². The van der Waals surface area contributed by atoms with Crippen LogP contribution < -0.4 is 5.46 Å². The van der Waals surface area contributed by atoms with Gasteiger partial charge in [0.15, 0.2) is 0 Å². The van der Waals surface area contributed by atoms with E-state index >= 15 is 0 Å². The van der Waals surface area contributed by atoms with Crippen LogP contribution in [-0.4, -0.2) is 44.5 Å². The zero-order valence-corrected chi connectivity index (χ0v) is 60.1. The van der Waals surface area contributed by atoms with Gasteiger partial charge in [-0.05, 0) is 211 Å². The first-order valence-corrected chi connectivity index (χ1v) is 35.4. The smallest absolute Gasteiger partial charge is 0.423 e. The number of rotatable bonds is 3. The summed E-state index contributed by atoms with van der Waals surface area (Å²) in [7, 11) is -1.51. The quantitative estimate of drug-likeness (QED) is 0.122. The normalized spacial score (nSPS) is 11.9. The molecule has 4 heterocycles. The van der Waals surface area contributed by atoms with Gasteiger partial charge < -0.3 is 28.9 Å². The number of H-pyrrole nitrogens is 1. The second-order valence-electron chi connectivity index (χ2n) is 22.5. The summed E-state index contributed by atoms with van der Waals surface area (Å²) in [5, 5.41) is 36.5. The molecule has 3 N–H and O–H groups in total. The number of aromatic amines is 1. The zero-order chi connectivity index (χ0) is 64.0. The number of halogens is 6. The SMILES string of the molecule is Brc1ccc2cc(-n3c4ccccc4c4ccccc43)ccc2c1.Brc1ccc2cc(Br)ccc2c1.Brc1ccc2cc(I)ccc2c1.C1CCOC1.OB(O)c1cc2cc(-n3c4ccccc4c4ccccc43)ccc2cc1Br.c1ccc2c(c1)[nH]c1ccccc12. The summed E-state index contributed by atoms with van der Waals surface area (Å²) in [4.78, 5) is 3.38. The van der Waals surface area contributed by atoms with E-state index in [0.29, 0.717) is 9.94 Å². The summed E-state index contributed by atoms with van der Waals surface area (Å²) in [5.74, 6) is 0. The van der Waals surface area contributed by atoms with Crippen molar-refractivity contribution >= 4 is 223 Å². The summed E-state index contributed by atoms with van der Waals surface area (Å²) < 4.78 is 16.0. The van der Waals surface area contributed by atoms with Gasteiger partial charge in [-0.25, -0.2) is 0 Å². The Hall–Kier alpha value is -7.41. The van der Waals surface area contributed by atoms with Gasteiger partial charge in [-0.3, -0.25) is 0 Å². The average molecular weight is 1650 g/mol. The molecule has 0 unspecified atom stereocenters. The molecule has 14 aromatic carbocycles. The average Bonchev–Trinajstić information content (AvgIpc) is 1.73. The molecule has 1 fully saturated rings. The maximum absolute atomic E-state index is 9.62. The second-order valence-corrected chi connectivity index (χ2v) is 28.3. The van der Waals surface area contributed by atoms with Crippen molar-refractivity contribution < 1.29 is 14.8 Å². The lowest BCUT2D eigenvalue weighted by Gasteiger charge is -2.11. The molecule has 0 radical (unpaired) electrons. The minimum absolute atomic E-state index is 0.460. The fraction of sp³-hybridized carbons (Fsp3) is 0.0500. The number of aromatic nitrogens is 3. The van der Waals surface area contributed by atoms with Crippen LogP contribution >= 0.6 is 102 Å². The first-order chi connectivity index (χ1) is 45.4. The summed E-state index contributed by atoms with van der Waals surface area (Å²) in [6.07, 6.45) is 2.56. The Kier molecular flexibility index (Phi) is 20.4. The number of fused-ring (bicyclic) bond motifs is 13. The number of benzene rings is 14. The van der Waals surface area contributed by atoms with E-state index < -0.39 is 7.12 Å². The third-order valence-corrected chi connectivity index (χ3v) is 19.8. The maximum atomic E-state index is 9.62. The second kappa shape index (κ2) is 29.5. The number of hydrogen-bond donors (Lipinski definition) is 3. The van der Waals surface area contributed by atoms with E-state index in [1.165, 1.54) is 109 Å². The number of para-hydroxylation sites is 6. The van der Waals surface area contributed by atoms with Crippen LogP contribution in [0.3, 0.4) is 0 Å². The van der Waals surface area contributed by atoms with E-state index in [1.807, 2.05) is 12.1 Å². The molecule has 0 bridgehead atoms. The van der Waals surface area contributed by atoms with Crippen LogP contribution in [0.25, 0.3) is 120 Å². The van der Waals surface area contributed by atoms with Gasteiger partial charge in [-0.2, -0.15) is 0 Å². The lowest BCUT2D eigenvalue weighted by Crippen LogP contribution is -2.30. The first-order valence-electron chi connectivity index (χ1n) is 30.4. The monoisotopic (exact) mass is 1640 g/mol. The summed E-state index contributed by atoms with van der Waals surface area (Å²) >= 11 is 19.6. The van der Waals surface area contributed by atoms with Gasteiger partial charge in [0.1, 0.15) is 0 Å². The Morgan fingerprint density at radius 3 is 1.04 bits per heavy atom. The minimum Gasteiger partial charge on any atom is -0.423 e. The van der Waals surface area contributed by atoms with Crippen molar-refractivity contribution in [1.82, 2.24) is 14.1 Å². The van der Waals surface area contributed by atoms with Crippen molar-refractivity contribution in [3.8, 4) is 11.4 Å². The molecule has 17 aromatic rings. The zero-order valence-electron chi connectivity index (χ0n) is 50.0. The third-order valence-electron chi connectivity index (χ3n) is 16.4. The van der Waals surface area contributed by atoms with Crippen molar-refractivity contribution in [3.63, 3.8) is 0 Å². The number of nitrogens with one attached hydrogen (secondary N) is 1. The first kappa shape index (κ1) is 64.3. The molecular formula is C80H58BBr5IN3O3. The summed E-state index contributed by atoms with van der Waals surface area (Å²) in [5.41, 5.74) is 9.91. The molecular weight excluding hydrogens is 1590 g/mol. The molecule has 18 rings (SSSR count). The van der Waals surface area contributed by atoms with E-state index in [4.69, 9.17) is 4.74 Å². The molecule has 1 aliphatic heterocycles. The number of ether oxygens (including phenoxy) is 1. The molecule has 0 aliphatic carbocycles. The molecule has 13 heteroatoms. The highest BCUT2D eigenvalue weighted by molar-refractivity contribution is 14.1. The molecule has 6 nitrogen and oxygen atoms in total. The number of hydrogen-bond acceptors (Lipinski definition) is 3. The van der Waals surface area contributed by atoms with Gasteiger partial charge >= 0.3 is 7.12 Å². The Labute approximate surface area is 594 Å². The van der Waals surface area contributed by atoms with Gasteiger partial charge in [0, 0.05) is 93.9 Å². The molecule has 456 valence electrons. The highest BCUT2D eigenvalue weighted by atomic mass is 127. The van der Waals surface area contributed by atoms with Crippen molar-refractivity contribution in [2.24, 2.45) is 0 Å². The fourth-order valence-electron chi connectivity index (χ4n) is 12.0. The summed E-state index contributed by atoms with van der Waals surface area (Å²) in [6, 6.07) is 99.1. The molecule has 0 saturated carbocycles. The molecule has 0 atom stereocenters. The van der Waals surface area contributed by atoms with Crippen LogP contribution in [0.2, 0.25) is 0 Å². The largest absolute Gasteiger partial charge is 0.489 e. The van der Waals surface area contributed by atoms with Crippen LogP contribution in [0.4, 0.5) is 0 Å². The maximum Gasteiger partial charge on any atom is 0.489 e.